The number of hydrogen-bond donors (Lipinski definition) is 0. The van der Waals surface area contributed by atoms with Gasteiger partial charge in [0.15, 0.2) is 0 Å². The van der Waals surface area contributed by atoms with Crippen LogP contribution < -0.4 is 4.84 Å². The van der Waals surface area contributed by atoms with E-state index in [0.717, 1.165) is 5.75 Å². The smallest absolute Gasteiger partial charge is 0.104 e. The van der Waals surface area contributed by atoms with Crippen LogP contribution >= 0.6 is 11.8 Å². The molecule has 0 saturated carbocycles. The highest BCUT2D eigenvalue weighted by Crippen LogP contribution is 2.37. The summed E-state index contributed by atoms with van der Waals surface area (Å²) < 4.78 is 1.95. The highest BCUT2D eigenvalue weighted by atomic mass is 32.2. The van der Waals surface area contributed by atoms with Crippen LogP contribution in [0.1, 0.15) is 24.6 Å². The Morgan fingerprint density at radius 2 is 1.84 bits per heavy atom. The van der Waals surface area contributed by atoms with E-state index in [1.807, 2.05) is 22.6 Å². The molecule has 0 fully saturated rings. The third-order valence-corrected chi connectivity index (χ3v) is 4.69. The minimum Gasteiger partial charge on any atom is -0.417 e. The predicted octanol–water partition coefficient (Wildman–Crippen LogP) is 4.33. The molecule has 0 atom stereocenters. The van der Waals surface area contributed by atoms with Crippen LogP contribution in [-0.2, 0) is 0 Å². The van der Waals surface area contributed by atoms with Crippen LogP contribution in [0.5, 0.6) is 0 Å². The fourth-order valence-electron chi connectivity index (χ4n) is 2.21. The zero-order valence-electron chi connectivity index (χ0n) is 12.1. The number of nitrogens with zero attached hydrogens (tertiary/aromatic N) is 1. The molecule has 0 bridgehead atoms. The van der Waals surface area contributed by atoms with Gasteiger partial charge in [-0.3, -0.25) is 0 Å². The van der Waals surface area contributed by atoms with Crippen molar-refractivity contribution in [1.29, 1.82) is 0 Å². The van der Waals surface area contributed by atoms with Crippen LogP contribution in [-0.4, -0.2) is 17.6 Å². The fraction of sp³-hybridized carbons (Fsp3) is 0.375. The van der Waals surface area contributed by atoms with Gasteiger partial charge in [-0.2, -0.15) is 4.73 Å². The number of thioether (sulfide) groups is 1. The molecule has 0 amide bonds. The van der Waals surface area contributed by atoms with E-state index in [1.54, 1.807) is 7.11 Å². The topological polar surface area (TPSA) is 14.2 Å². The number of aromatic nitrogens is 1. The van der Waals surface area contributed by atoms with Crippen molar-refractivity contribution in [2.45, 2.75) is 32.1 Å². The van der Waals surface area contributed by atoms with Gasteiger partial charge in [-0.05, 0) is 31.6 Å². The third kappa shape index (κ3) is 2.66. The molecule has 3 heteroatoms. The van der Waals surface area contributed by atoms with Crippen molar-refractivity contribution in [2.24, 2.45) is 0 Å². The molecule has 0 unspecified atom stereocenters. The van der Waals surface area contributed by atoms with Gasteiger partial charge in [0, 0.05) is 10.5 Å². The second-order valence-corrected chi connectivity index (χ2v) is 5.68. The summed E-state index contributed by atoms with van der Waals surface area (Å²) in [5, 5.41) is 0. The normalized spacial score (nSPS) is 10.7. The first kappa shape index (κ1) is 14.1. The van der Waals surface area contributed by atoms with Gasteiger partial charge in [-0.25, -0.2) is 0 Å². The molecule has 2 rings (SSSR count). The zero-order valence-corrected chi connectivity index (χ0v) is 12.9. The maximum atomic E-state index is 5.58. The molecule has 1 aromatic heterocycles. The monoisotopic (exact) mass is 275 g/mol. The number of rotatable bonds is 5. The molecule has 0 aliphatic rings. The van der Waals surface area contributed by atoms with Gasteiger partial charge in [0.2, 0.25) is 0 Å². The summed E-state index contributed by atoms with van der Waals surface area (Å²) in [5.74, 6) is 1.13. The Morgan fingerprint density at radius 1 is 1.16 bits per heavy atom. The Bertz CT molecular complexity index is 546. The quantitative estimate of drug-likeness (QED) is 0.754. The van der Waals surface area contributed by atoms with Crippen LogP contribution in [0.4, 0.5) is 0 Å². The van der Waals surface area contributed by atoms with E-state index in [0.29, 0.717) is 0 Å². The van der Waals surface area contributed by atoms with Crippen molar-refractivity contribution in [3.63, 3.8) is 0 Å². The molecule has 0 saturated heterocycles. The van der Waals surface area contributed by atoms with Gasteiger partial charge in [-0.15, -0.1) is 11.8 Å². The molecule has 0 radical (unpaired) electrons. The molecule has 1 heterocycles. The fourth-order valence-corrected chi connectivity index (χ4v) is 3.32. The Morgan fingerprint density at radius 3 is 2.42 bits per heavy atom. The zero-order chi connectivity index (χ0) is 13.8. The molecular formula is C16H21NOS. The van der Waals surface area contributed by atoms with Crippen molar-refractivity contribution in [3.05, 3.63) is 41.6 Å². The van der Waals surface area contributed by atoms with Gasteiger partial charge >= 0.3 is 0 Å². The van der Waals surface area contributed by atoms with Crippen LogP contribution in [0.15, 0.2) is 35.2 Å². The average Bonchev–Trinajstić information content (AvgIpc) is 2.69. The Balaban J connectivity index is 2.59. The van der Waals surface area contributed by atoms with Gasteiger partial charge in [0.1, 0.15) is 12.8 Å². The van der Waals surface area contributed by atoms with Gasteiger partial charge in [-0.1, -0.05) is 37.3 Å². The van der Waals surface area contributed by atoms with Crippen LogP contribution in [0, 0.1) is 13.8 Å². The first-order valence-corrected chi connectivity index (χ1v) is 7.63. The lowest BCUT2D eigenvalue weighted by Gasteiger charge is -2.11. The lowest BCUT2D eigenvalue weighted by atomic mass is 10.1. The Labute approximate surface area is 119 Å². The molecule has 0 aliphatic carbocycles. The largest absolute Gasteiger partial charge is 0.417 e. The van der Waals surface area contributed by atoms with E-state index in [1.165, 1.54) is 33.8 Å². The summed E-state index contributed by atoms with van der Waals surface area (Å²) in [6, 6.07) is 10.5. The second kappa shape index (κ2) is 6.20. The predicted molar refractivity (Wildman–Crippen MR) is 82.9 cm³/mol. The summed E-state index contributed by atoms with van der Waals surface area (Å²) >= 11 is 1.92. The van der Waals surface area contributed by atoms with Crippen LogP contribution in [0.2, 0.25) is 0 Å². The van der Waals surface area contributed by atoms with E-state index in [9.17, 15) is 0 Å². The summed E-state index contributed by atoms with van der Waals surface area (Å²) in [6.07, 6.45) is 1.18. The van der Waals surface area contributed by atoms with Gasteiger partial charge in [0.05, 0.1) is 5.69 Å². The van der Waals surface area contributed by atoms with Crippen LogP contribution in [0.25, 0.3) is 11.3 Å². The number of hydrogen-bond acceptors (Lipinski definition) is 2. The minimum absolute atomic E-state index is 1.13. The van der Waals surface area contributed by atoms with Crippen molar-refractivity contribution >= 4 is 11.8 Å². The molecule has 102 valence electrons. The first-order chi connectivity index (χ1) is 9.20. The maximum absolute atomic E-state index is 5.58. The summed E-state index contributed by atoms with van der Waals surface area (Å²) in [5.41, 5.74) is 4.88. The first-order valence-electron chi connectivity index (χ1n) is 6.65. The molecule has 0 N–H and O–H groups in total. The van der Waals surface area contributed by atoms with Gasteiger partial charge < -0.3 is 4.84 Å². The lowest BCUT2D eigenvalue weighted by Crippen LogP contribution is -2.09. The van der Waals surface area contributed by atoms with Crippen molar-refractivity contribution in [1.82, 2.24) is 4.73 Å². The Hall–Kier alpha value is -1.35. The average molecular weight is 275 g/mol. The van der Waals surface area contributed by atoms with Crippen molar-refractivity contribution < 1.29 is 4.84 Å². The molecule has 0 aliphatic heterocycles. The molecular weight excluding hydrogens is 254 g/mol. The lowest BCUT2D eigenvalue weighted by molar-refractivity contribution is 0.166. The number of benzene rings is 1. The van der Waals surface area contributed by atoms with Crippen molar-refractivity contribution in [2.75, 3.05) is 12.9 Å². The molecule has 1 aromatic carbocycles. The standard InChI is InChI=1S/C16H21NOS/c1-5-11-19-16-12(2)13(3)17(18-4)15(16)14-9-7-6-8-10-14/h6-10H,5,11H2,1-4H3. The van der Waals surface area contributed by atoms with E-state index >= 15 is 0 Å². The molecule has 19 heavy (non-hydrogen) atoms. The van der Waals surface area contributed by atoms with E-state index in [-0.39, 0.29) is 0 Å². The summed E-state index contributed by atoms with van der Waals surface area (Å²) in [6.45, 7) is 6.50. The molecule has 0 spiro atoms. The maximum Gasteiger partial charge on any atom is 0.104 e. The van der Waals surface area contributed by atoms with E-state index in [2.05, 4.69) is 45.0 Å². The Kier molecular flexibility index (Phi) is 4.59. The minimum atomic E-state index is 1.13. The van der Waals surface area contributed by atoms with E-state index < -0.39 is 0 Å². The van der Waals surface area contributed by atoms with Crippen molar-refractivity contribution in [3.8, 4) is 11.3 Å². The molecule has 2 nitrogen and oxygen atoms in total. The summed E-state index contributed by atoms with van der Waals surface area (Å²) in [7, 11) is 1.73. The SMILES string of the molecule is CCCSc1c(C)c(C)n(OC)c1-c1ccccc1. The van der Waals surface area contributed by atoms with E-state index in [4.69, 9.17) is 4.84 Å². The van der Waals surface area contributed by atoms with Crippen LogP contribution in [0.3, 0.4) is 0 Å². The van der Waals surface area contributed by atoms with Gasteiger partial charge in [0.25, 0.3) is 0 Å². The highest BCUT2D eigenvalue weighted by molar-refractivity contribution is 7.99. The summed E-state index contributed by atoms with van der Waals surface area (Å²) in [4.78, 5) is 6.92. The molecule has 2 aromatic rings. The second-order valence-electron chi connectivity index (χ2n) is 4.58. The highest BCUT2D eigenvalue weighted by Gasteiger charge is 2.19. The third-order valence-electron chi connectivity index (χ3n) is 3.29.